The maximum absolute atomic E-state index is 12.7. The average molecular weight is 398 g/mol. The van der Waals surface area contributed by atoms with E-state index in [1.807, 2.05) is 53.4 Å². The van der Waals surface area contributed by atoms with E-state index < -0.39 is 0 Å². The van der Waals surface area contributed by atoms with Crippen molar-refractivity contribution in [3.8, 4) is 10.9 Å². The molecule has 7 nitrogen and oxygen atoms in total. The van der Waals surface area contributed by atoms with Crippen LogP contribution in [0.2, 0.25) is 0 Å². The van der Waals surface area contributed by atoms with Crippen LogP contribution in [0, 0.1) is 5.92 Å². The number of carbonyl (C=O) groups excluding carboxylic acids is 1. The van der Waals surface area contributed by atoms with Crippen LogP contribution in [0.25, 0.3) is 5.13 Å². The lowest BCUT2D eigenvalue weighted by atomic mass is 9.97. The molecule has 1 amide bonds. The van der Waals surface area contributed by atoms with Crippen molar-refractivity contribution in [3.05, 3.63) is 54.4 Å². The molecule has 3 heterocycles. The summed E-state index contributed by atoms with van der Waals surface area (Å²) in [6.45, 7) is 2.10. The maximum Gasteiger partial charge on any atom is 0.225 e. The summed E-state index contributed by atoms with van der Waals surface area (Å²) in [6.07, 6.45) is 5.78. The Bertz CT molecular complexity index is 907. The van der Waals surface area contributed by atoms with E-state index in [1.54, 1.807) is 18.4 Å². The summed E-state index contributed by atoms with van der Waals surface area (Å²) in [5, 5.41) is 13.4. The summed E-state index contributed by atoms with van der Waals surface area (Å²) in [7, 11) is 1.64. The van der Waals surface area contributed by atoms with Crippen molar-refractivity contribution >= 4 is 22.4 Å². The largest absolute Gasteiger partial charge is 0.497 e. The van der Waals surface area contributed by atoms with Crippen LogP contribution in [-0.2, 0) is 11.3 Å². The minimum Gasteiger partial charge on any atom is -0.497 e. The maximum atomic E-state index is 12.7. The fraction of sp³-hybridized carbons (Fsp3) is 0.350. The quantitative estimate of drug-likeness (QED) is 0.692. The second-order valence-corrected chi connectivity index (χ2v) is 7.74. The van der Waals surface area contributed by atoms with Crippen LogP contribution in [0.4, 0.5) is 5.13 Å². The molecule has 1 saturated heterocycles. The van der Waals surface area contributed by atoms with E-state index >= 15 is 0 Å². The number of nitrogens with one attached hydrogen (secondary N) is 1. The molecule has 0 aliphatic carbocycles. The number of rotatable bonds is 6. The van der Waals surface area contributed by atoms with Gasteiger partial charge in [0.1, 0.15) is 5.75 Å². The molecule has 1 fully saturated rings. The highest BCUT2D eigenvalue weighted by Crippen LogP contribution is 2.28. The van der Waals surface area contributed by atoms with Crippen LogP contribution in [-0.4, -0.2) is 40.9 Å². The van der Waals surface area contributed by atoms with E-state index in [0.29, 0.717) is 13.1 Å². The minimum atomic E-state index is -0.0362. The third kappa shape index (κ3) is 4.17. The van der Waals surface area contributed by atoms with Crippen molar-refractivity contribution in [2.24, 2.45) is 5.92 Å². The summed E-state index contributed by atoms with van der Waals surface area (Å²) in [5.41, 5.74) is 1.06. The number of ether oxygens (including phenoxy) is 1. The Labute approximate surface area is 168 Å². The molecule has 1 aliphatic rings. The number of piperidine rings is 1. The van der Waals surface area contributed by atoms with E-state index in [1.165, 1.54) is 0 Å². The van der Waals surface area contributed by atoms with Gasteiger partial charge in [0.2, 0.25) is 16.2 Å². The number of hydrogen-bond acceptors (Lipinski definition) is 6. The lowest BCUT2D eigenvalue weighted by molar-refractivity contribution is -0.125. The molecule has 146 valence electrons. The molecule has 1 N–H and O–H groups in total. The Morgan fingerprint density at radius 1 is 1.21 bits per heavy atom. The first-order valence-corrected chi connectivity index (χ1v) is 10.2. The SMILES string of the molecule is COc1ccc(CNC(=O)[C@H]2CCCN(c3nnc(-n4cccc4)s3)C2)cc1. The zero-order valence-corrected chi connectivity index (χ0v) is 16.6. The van der Waals surface area contributed by atoms with Crippen LogP contribution in [0.3, 0.4) is 0 Å². The molecule has 3 aromatic rings. The van der Waals surface area contributed by atoms with Gasteiger partial charge in [0.15, 0.2) is 0 Å². The lowest BCUT2D eigenvalue weighted by Crippen LogP contribution is -2.43. The van der Waals surface area contributed by atoms with Gasteiger partial charge in [-0.2, -0.15) is 0 Å². The molecule has 0 radical (unpaired) electrons. The molecule has 1 atom stereocenters. The standard InChI is InChI=1S/C20H23N5O2S/c1-27-17-8-6-15(7-9-17)13-21-18(26)16-5-4-12-25(14-16)20-23-22-19(28-20)24-10-2-3-11-24/h2-3,6-11,16H,4-5,12-14H2,1H3,(H,21,26)/t16-/m0/s1. The minimum absolute atomic E-state index is 0.0362. The van der Waals surface area contributed by atoms with Crippen LogP contribution < -0.4 is 15.0 Å². The van der Waals surface area contributed by atoms with Crippen molar-refractivity contribution in [3.63, 3.8) is 0 Å². The van der Waals surface area contributed by atoms with Crippen LogP contribution >= 0.6 is 11.3 Å². The molecule has 28 heavy (non-hydrogen) atoms. The summed E-state index contributed by atoms with van der Waals surface area (Å²) >= 11 is 1.55. The van der Waals surface area contributed by atoms with Gasteiger partial charge in [0.05, 0.1) is 13.0 Å². The van der Waals surface area contributed by atoms with Crippen molar-refractivity contribution in [2.45, 2.75) is 19.4 Å². The van der Waals surface area contributed by atoms with E-state index in [4.69, 9.17) is 4.74 Å². The zero-order chi connectivity index (χ0) is 19.3. The van der Waals surface area contributed by atoms with Gasteiger partial charge in [-0.05, 0) is 42.7 Å². The monoisotopic (exact) mass is 397 g/mol. The highest BCUT2D eigenvalue weighted by molar-refractivity contribution is 7.17. The van der Waals surface area contributed by atoms with Gasteiger partial charge < -0.3 is 15.0 Å². The molecule has 0 spiro atoms. The van der Waals surface area contributed by atoms with Crippen molar-refractivity contribution in [2.75, 3.05) is 25.1 Å². The Balaban J connectivity index is 1.34. The molecular weight excluding hydrogens is 374 g/mol. The summed E-state index contributed by atoms with van der Waals surface area (Å²) < 4.78 is 7.11. The molecule has 2 aromatic heterocycles. The topological polar surface area (TPSA) is 72.3 Å². The third-order valence-corrected chi connectivity index (χ3v) is 5.91. The normalized spacial score (nSPS) is 16.8. The summed E-state index contributed by atoms with van der Waals surface area (Å²) in [4.78, 5) is 14.8. The number of anilines is 1. The van der Waals surface area contributed by atoms with E-state index in [-0.39, 0.29) is 11.8 Å². The van der Waals surface area contributed by atoms with Crippen molar-refractivity contribution in [1.29, 1.82) is 0 Å². The summed E-state index contributed by atoms with van der Waals surface area (Å²) in [5.74, 6) is 0.871. The smallest absolute Gasteiger partial charge is 0.225 e. The van der Waals surface area contributed by atoms with Crippen LogP contribution in [0.1, 0.15) is 18.4 Å². The number of aromatic nitrogens is 3. The third-order valence-electron chi connectivity index (χ3n) is 4.92. The van der Waals surface area contributed by atoms with Crippen LogP contribution in [0.5, 0.6) is 5.75 Å². The average Bonchev–Trinajstić information content (AvgIpc) is 3.44. The van der Waals surface area contributed by atoms with Gasteiger partial charge in [0.25, 0.3) is 0 Å². The Morgan fingerprint density at radius 2 is 1.96 bits per heavy atom. The molecule has 0 saturated carbocycles. The Kier molecular flexibility index (Phi) is 5.57. The van der Waals surface area contributed by atoms with Gasteiger partial charge in [-0.25, -0.2) is 0 Å². The number of methoxy groups -OCH3 is 1. The molecule has 0 unspecified atom stereocenters. The summed E-state index contributed by atoms with van der Waals surface area (Å²) in [6, 6.07) is 11.7. The highest BCUT2D eigenvalue weighted by atomic mass is 32.1. The first-order valence-electron chi connectivity index (χ1n) is 9.35. The van der Waals surface area contributed by atoms with Crippen molar-refractivity contribution in [1.82, 2.24) is 20.1 Å². The second kappa shape index (κ2) is 8.43. The van der Waals surface area contributed by atoms with E-state index in [9.17, 15) is 4.79 Å². The van der Waals surface area contributed by atoms with Crippen molar-refractivity contribution < 1.29 is 9.53 Å². The number of benzene rings is 1. The number of nitrogens with zero attached hydrogens (tertiary/aromatic N) is 4. The van der Waals surface area contributed by atoms with Gasteiger partial charge >= 0.3 is 0 Å². The highest BCUT2D eigenvalue weighted by Gasteiger charge is 2.27. The predicted molar refractivity (Wildman–Crippen MR) is 109 cm³/mol. The zero-order valence-electron chi connectivity index (χ0n) is 15.7. The lowest BCUT2D eigenvalue weighted by Gasteiger charge is -2.31. The number of hydrogen-bond donors (Lipinski definition) is 1. The molecule has 1 aromatic carbocycles. The fourth-order valence-electron chi connectivity index (χ4n) is 3.34. The van der Waals surface area contributed by atoms with Crippen LogP contribution in [0.15, 0.2) is 48.8 Å². The first kappa shape index (κ1) is 18.5. The van der Waals surface area contributed by atoms with Gasteiger partial charge in [-0.1, -0.05) is 23.5 Å². The molecular formula is C20H23N5O2S. The molecule has 4 rings (SSSR count). The predicted octanol–water partition coefficient (Wildman–Crippen LogP) is 2.87. The fourth-order valence-corrected chi connectivity index (χ4v) is 4.19. The second-order valence-electron chi connectivity index (χ2n) is 6.81. The number of amides is 1. The van der Waals surface area contributed by atoms with E-state index in [0.717, 1.165) is 41.0 Å². The van der Waals surface area contributed by atoms with Gasteiger partial charge in [0, 0.05) is 32.0 Å². The number of carbonyl (C=O) groups is 1. The van der Waals surface area contributed by atoms with Gasteiger partial charge in [-0.3, -0.25) is 9.36 Å². The Hall–Kier alpha value is -2.87. The Morgan fingerprint density at radius 3 is 2.71 bits per heavy atom. The molecule has 0 bridgehead atoms. The van der Waals surface area contributed by atoms with Gasteiger partial charge in [-0.15, -0.1) is 10.2 Å². The molecule has 8 heteroatoms. The molecule has 1 aliphatic heterocycles. The van der Waals surface area contributed by atoms with E-state index in [2.05, 4.69) is 20.4 Å². The first-order chi connectivity index (χ1) is 13.7.